The maximum Gasteiger partial charge on any atom is 0.0443 e. The minimum Gasteiger partial charge on any atom is -0.344 e. The zero-order chi connectivity index (χ0) is 13.9. The molecular weight excluding hydrogens is 242 g/mol. The van der Waals surface area contributed by atoms with Crippen molar-refractivity contribution >= 4 is 5.69 Å². The van der Waals surface area contributed by atoms with Crippen molar-refractivity contribution in [2.75, 3.05) is 11.9 Å². The van der Waals surface area contributed by atoms with Gasteiger partial charge in [0, 0.05) is 18.4 Å². The smallest absolute Gasteiger partial charge is 0.0443 e. The second-order valence-electron chi connectivity index (χ2n) is 6.18. The van der Waals surface area contributed by atoms with Crippen LogP contribution in [0.3, 0.4) is 0 Å². The Balaban J connectivity index is 2.07. The molecule has 0 radical (unpaired) electrons. The summed E-state index contributed by atoms with van der Waals surface area (Å²) < 4.78 is 0. The molecule has 2 aliphatic rings. The summed E-state index contributed by atoms with van der Waals surface area (Å²) in [4.78, 5) is 2.43. The second-order valence-corrected chi connectivity index (χ2v) is 6.18. The summed E-state index contributed by atoms with van der Waals surface area (Å²) in [6.07, 6.45) is 13.7. The van der Waals surface area contributed by atoms with Gasteiger partial charge in [-0.25, -0.2) is 0 Å². The van der Waals surface area contributed by atoms with E-state index in [0.29, 0.717) is 0 Å². The quantitative estimate of drug-likeness (QED) is 0.628. The first-order valence-electron chi connectivity index (χ1n) is 7.97. The highest BCUT2D eigenvalue weighted by atomic mass is 15.1. The fourth-order valence-corrected chi connectivity index (χ4v) is 3.46. The van der Waals surface area contributed by atoms with Gasteiger partial charge in [-0.2, -0.15) is 0 Å². The zero-order valence-corrected chi connectivity index (χ0v) is 12.8. The molecule has 0 amide bonds. The molecule has 20 heavy (non-hydrogen) atoms. The number of nitrogens with zero attached hydrogens (tertiary/aromatic N) is 1. The number of anilines is 1. The fourth-order valence-electron chi connectivity index (χ4n) is 3.46. The van der Waals surface area contributed by atoms with Gasteiger partial charge in [0.2, 0.25) is 0 Å². The molecule has 1 heterocycles. The van der Waals surface area contributed by atoms with Crippen molar-refractivity contribution in [2.45, 2.75) is 51.9 Å². The molecule has 1 aliphatic carbocycles. The van der Waals surface area contributed by atoms with E-state index in [9.17, 15) is 0 Å². The first-order valence-corrected chi connectivity index (χ1v) is 7.97. The normalized spacial score (nSPS) is 19.6. The van der Waals surface area contributed by atoms with E-state index in [1.807, 2.05) is 0 Å². The Morgan fingerprint density at radius 1 is 1.00 bits per heavy atom. The Labute approximate surface area is 123 Å². The van der Waals surface area contributed by atoms with E-state index < -0.39 is 0 Å². The molecule has 0 N–H and O–H groups in total. The van der Waals surface area contributed by atoms with Crippen LogP contribution < -0.4 is 4.90 Å². The summed E-state index contributed by atoms with van der Waals surface area (Å²) in [5.41, 5.74) is 7.38. The first kappa shape index (κ1) is 13.5. The van der Waals surface area contributed by atoms with Crippen LogP contribution in [-0.4, -0.2) is 7.05 Å². The molecule has 3 rings (SSSR count). The number of likely N-dealkylation sites (N-methyl/N-ethyl adjacent to an activating group) is 1. The largest absolute Gasteiger partial charge is 0.344 e. The molecule has 1 aliphatic heterocycles. The number of rotatable bonds is 0. The average molecular weight is 267 g/mol. The van der Waals surface area contributed by atoms with Gasteiger partial charge >= 0.3 is 0 Å². The highest BCUT2D eigenvalue weighted by Gasteiger charge is 2.17. The van der Waals surface area contributed by atoms with E-state index in [2.05, 4.69) is 49.2 Å². The number of fused-ring (bicyclic) bond motifs is 1. The summed E-state index contributed by atoms with van der Waals surface area (Å²) in [6, 6.07) is 6.93. The SMILES string of the molecule is Cc1ccc2c(c1)N(C)C1=C(CCC=C1)CCCCC2. The predicted molar refractivity (Wildman–Crippen MR) is 87.2 cm³/mol. The van der Waals surface area contributed by atoms with Gasteiger partial charge in [0.15, 0.2) is 0 Å². The number of hydrogen-bond donors (Lipinski definition) is 0. The Morgan fingerprint density at radius 3 is 2.75 bits per heavy atom. The highest BCUT2D eigenvalue weighted by Crippen LogP contribution is 2.33. The number of hydrogen-bond acceptors (Lipinski definition) is 1. The van der Waals surface area contributed by atoms with Crippen LogP contribution in [-0.2, 0) is 6.42 Å². The zero-order valence-electron chi connectivity index (χ0n) is 12.8. The van der Waals surface area contributed by atoms with Gasteiger partial charge in [0.25, 0.3) is 0 Å². The Kier molecular flexibility index (Phi) is 3.95. The van der Waals surface area contributed by atoms with Crippen LogP contribution in [0, 0.1) is 6.92 Å². The van der Waals surface area contributed by atoms with Crippen molar-refractivity contribution in [2.24, 2.45) is 0 Å². The first-order chi connectivity index (χ1) is 9.75. The minimum absolute atomic E-state index is 1.21. The van der Waals surface area contributed by atoms with Crippen molar-refractivity contribution < 1.29 is 0 Å². The third-order valence-electron chi connectivity index (χ3n) is 4.64. The third-order valence-corrected chi connectivity index (χ3v) is 4.64. The maximum atomic E-state index is 2.43. The van der Waals surface area contributed by atoms with Crippen molar-refractivity contribution in [1.82, 2.24) is 0 Å². The summed E-state index contributed by atoms with van der Waals surface area (Å²) >= 11 is 0. The van der Waals surface area contributed by atoms with Crippen LogP contribution in [0.2, 0.25) is 0 Å². The van der Waals surface area contributed by atoms with Crippen molar-refractivity contribution in [3.8, 4) is 0 Å². The van der Waals surface area contributed by atoms with Crippen LogP contribution in [0.4, 0.5) is 5.69 Å². The van der Waals surface area contributed by atoms with Gasteiger partial charge in [0.1, 0.15) is 0 Å². The lowest BCUT2D eigenvalue weighted by Gasteiger charge is -2.29. The van der Waals surface area contributed by atoms with E-state index in [1.54, 1.807) is 5.57 Å². The summed E-state index contributed by atoms with van der Waals surface area (Å²) in [5, 5.41) is 0. The van der Waals surface area contributed by atoms with Crippen LogP contribution in [0.25, 0.3) is 0 Å². The van der Waals surface area contributed by atoms with Gasteiger partial charge in [-0.1, -0.05) is 24.6 Å². The summed E-state index contributed by atoms with van der Waals surface area (Å²) in [6.45, 7) is 2.19. The van der Waals surface area contributed by atoms with Crippen LogP contribution in [0.15, 0.2) is 41.6 Å². The molecule has 0 atom stereocenters. The lowest BCUT2D eigenvalue weighted by Crippen LogP contribution is -2.20. The standard InChI is InChI=1S/C19H25N/c1-15-12-13-17-9-5-3-4-8-16-10-6-7-11-18(16)20(2)19(17)14-15/h7,11-14H,3-6,8-10H2,1-2H3. The topological polar surface area (TPSA) is 3.24 Å². The minimum atomic E-state index is 1.21. The van der Waals surface area contributed by atoms with Crippen LogP contribution in [0.1, 0.15) is 49.7 Å². The number of allylic oxidation sites excluding steroid dienone is 3. The Bertz CT molecular complexity index is 551. The molecule has 0 spiro atoms. The van der Waals surface area contributed by atoms with Crippen LogP contribution >= 0.6 is 0 Å². The van der Waals surface area contributed by atoms with Crippen molar-refractivity contribution in [1.29, 1.82) is 0 Å². The van der Waals surface area contributed by atoms with Gasteiger partial charge in [0.05, 0.1) is 0 Å². The molecule has 1 heteroatoms. The predicted octanol–water partition coefficient (Wildman–Crippen LogP) is 5.15. The molecule has 0 bridgehead atoms. The molecule has 0 saturated carbocycles. The second kappa shape index (κ2) is 5.87. The van der Waals surface area contributed by atoms with E-state index in [0.717, 1.165) is 0 Å². The van der Waals surface area contributed by atoms with E-state index >= 15 is 0 Å². The molecule has 0 unspecified atom stereocenters. The monoisotopic (exact) mass is 267 g/mol. The Morgan fingerprint density at radius 2 is 1.85 bits per heavy atom. The molecule has 0 fully saturated rings. The van der Waals surface area contributed by atoms with E-state index in [-0.39, 0.29) is 0 Å². The Hall–Kier alpha value is -1.50. The third kappa shape index (κ3) is 2.67. The lowest BCUT2D eigenvalue weighted by molar-refractivity contribution is 0.653. The molecule has 1 aromatic rings. The number of aryl methyl sites for hydroxylation is 2. The van der Waals surface area contributed by atoms with Gasteiger partial charge in [-0.05, 0) is 74.3 Å². The highest BCUT2D eigenvalue weighted by molar-refractivity contribution is 5.61. The van der Waals surface area contributed by atoms with Gasteiger partial charge in [-0.3, -0.25) is 0 Å². The summed E-state index contributed by atoms with van der Waals surface area (Å²) in [5.74, 6) is 0. The lowest BCUT2D eigenvalue weighted by atomic mass is 9.93. The van der Waals surface area contributed by atoms with Crippen LogP contribution in [0.5, 0.6) is 0 Å². The van der Waals surface area contributed by atoms with E-state index in [4.69, 9.17) is 0 Å². The number of benzene rings is 1. The van der Waals surface area contributed by atoms with E-state index in [1.165, 1.54) is 67.5 Å². The molecule has 1 nitrogen and oxygen atoms in total. The molecular formula is C19H25N. The van der Waals surface area contributed by atoms with Gasteiger partial charge in [-0.15, -0.1) is 0 Å². The molecule has 0 saturated heterocycles. The maximum absolute atomic E-state index is 2.43. The van der Waals surface area contributed by atoms with Crippen molar-refractivity contribution in [3.05, 3.63) is 52.7 Å². The molecule has 1 aromatic carbocycles. The summed E-state index contributed by atoms with van der Waals surface area (Å²) in [7, 11) is 2.24. The van der Waals surface area contributed by atoms with Gasteiger partial charge < -0.3 is 4.90 Å². The van der Waals surface area contributed by atoms with Crippen molar-refractivity contribution in [3.63, 3.8) is 0 Å². The molecule has 106 valence electrons. The fraction of sp³-hybridized carbons (Fsp3) is 0.474. The average Bonchev–Trinajstić information content (AvgIpc) is 2.47. The molecule has 0 aromatic heterocycles.